The van der Waals surface area contributed by atoms with Crippen molar-refractivity contribution in [1.29, 1.82) is 0 Å². The number of amides is 1. The summed E-state index contributed by atoms with van der Waals surface area (Å²) in [6.07, 6.45) is 1.55. The third-order valence-electron chi connectivity index (χ3n) is 3.20. The normalized spacial score (nSPS) is 12.2. The Hall–Kier alpha value is -2.57. The predicted molar refractivity (Wildman–Crippen MR) is 77.1 cm³/mol. The third kappa shape index (κ3) is 3.95. The van der Waals surface area contributed by atoms with E-state index in [1.165, 1.54) is 6.92 Å². The van der Waals surface area contributed by atoms with Crippen LogP contribution < -0.4 is 11.0 Å². The maximum absolute atomic E-state index is 11.5. The number of imidazole rings is 1. The molecule has 0 unspecified atom stereocenters. The fourth-order valence-corrected chi connectivity index (χ4v) is 2.06. The minimum absolute atomic E-state index is 0.246. The molecule has 0 saturated carbocycles. The van der Waals surface area contributed by atoms with Crippen molar-refractivity contribution in [3.05, 3.63) is 34.2 Å². The molecule has 0 fully saturated rings. The Labute approximate surface area is 120 Å². The molecule has 2 rings (SSSR count). The van der Waals surface area contributed by atoms with E-state index < -0.39 is 12.0 Å². The zero-order chi connectivity index (χ0) is 15.4. The van der Waals surface area contributed by atoms with Crippen LogP contribution in [0.5, 0.6) is 0 Å². The predicted octanol–water partition coefficient (Wildman–Crippen LogP) is 0.768. The Balaban J connectivity index is 1.85. The first-order chi connectivity index (χ1) is 9.95. The molecule has 1 aromatic heterocycles. The van der Waals surface area contributed by atoms with Gasteiger partial charge in [0.1, 0.15) is 6.04 Å². The van der Waals surface area contributed by atoms with Gasteiger partial charge in [0.25, 0.3) is 0 Å². The number of hydrogen-bond donors (Lipinski definition) is 4. The van der Waals surface area contributed by atoms with Gasteiger partial charge in [-0.05, 0) is 37.5 Å². The second kappa shape index (κ2) is 6.25. The summed E-state index contributed by atoms with van der Waals surface area (Å²) in [6, 6.07) is 4.70. The van der Waals surface area contributed by atoms with Gasteiger partial charge in [-0.2, -0.15) is 0 Å². The maximum Gasteiger partial charge on any atom is 0.325 e. The summed E-state index contributed by atoms with van der Waals surface area (Å²) in [4.78, 5) is 38.6. The van der Waals surface area contributed by atoms with E-state index in [0.717, 1.165) is 16.6 Å². The number of carbonyl (C=O) groups excluding carboxylic acids is 1. The second-order valence-electron chi connectivity index (χ2n) is 4.94. The highest BCUT2D eigenvalue weighted by atomic mass is 16.4. The summed E-state index contributed by atoms with van der Waals surface area (Å²) < 4.78 is 0. The van der Waals surface area contributed by atoms with E-state index in [1.807, 2.05) is 18.2 Å². The van der Waals surface area contributed by atoms with Gasteiger partial charge in [-0.25, -0.2) is 4.79 Å². The zero-order valence-electron chi connectivity index (χ0n) is 11.6. The Morgan fingerprint density at radius 3 is 2.71 bits per heavy atom. The first kappa shape index (κ1) is 14.8. The molecule has 1 atom stereocenters. The van der Waals surface area contributed by atoms with Gasteiger partial charge in [-0.15, -0.1) is 0 Å². The van der Waals surface area contributed by atoms with Crippen LogP contribution in [0, 0.1) is 0 Å². The maximum atomic E-state index is 11.5. The Kier molecular flexibility index (Phi) is 4.42. The lowest BCUT2D eigenvalue weighted by Gasteiger charge is -2.08. The van der Waals surface area contributed by atoms with Gasteiger partial charge in [0.05, 0.1) is 11.0 Å². The standard InChI is InChI=1S/C14H17N3O4/c1-8(13(19)20)15-12(18)4-2-3-9-5-6-10-11(7-9)17-14(21)16-10/h5-8H,2-4H2,1H3,(H,15,18)(H,19,20)(H2,16,17,21)/t8-/m1/s1. The molecule has 7 heteroatoms. The topological polar surface area (TPSA) is 115 Å². The fourth-order valence-electron chi connectivity index (χ4n) is 2.06. The van der Waals surface area contributed by atoms with Gasteiger partial charge < -0.3 is 20.4 Å². The van der Waals surface area contributed by atoms with Crippen molar-refractivity contribution in [2.24, 2.45) is 0 Å². The van der Waals surface area contributed by atoms with Crippen molar-refractivity contribution in [2.75, 3.05) is 0 Å². The second-order valence-corrected chi connectivity index (χ2v) is 4.94. The molecule has 0 spiro atoms. The Morgan fingerprint density at radius 2 is 2.00 bits per heavy atom. The highest BCUT2D eigenvalue weighted by Gasteiger charge is 2.13. The summed E-state index contributed by atoms with van der Waals surface area (Å²) in [6.45, 7) is 1.43. The third-order valence-corrected chi connectivity index (χ3v) is 3.20. The lowest BCUT2D eigenvalue weighted by atomic mass is 10.1. The van der Waals surface area contributed by atoms with Crippen LogP contribution in [0.25, 0.3) is 11.0 Å². The number of aromatic amines is 2. The van der Waals surface area contributed by atoms with E-state index in [4.69, 9.17) is 5.11 Å². The lowest BCUT2D eigenvalue weighted by molar-refractivity contribution is -0.141. The molecule has 112 valence electrons. The van der Waals surface area contributed by atoms with E-state index in [1.54, 1.807) is 0 Å². The van der Waals surface area contributed by atoms with Crippen molar-refractivity contribution in [2.45, 2.75) is 32.2 Å². The van der Waals surface area contributed by atoms with Crippen LogP contribution in [0.15, 0.2) is 23.0 Å². The van der Waals surface area contributed by atoms with Gasteiger partial charge in [0, 0.05) is 6.42 Å². The van der Waals surface area contributed by atoms with Crippen molar-refractivity contribution < 1.29 is 14.7 Å². The van der Waals surface area contributed by atoms with Gasteiger partial charge in [0.15, 0.2) is 0 Å². The van der Waals surface area contributed by atoms with Crippen LogP contribution in [-0.2, 0) is 16.0 Å². The van der Waals surface area contributed by atoms with Crippen LogP contribution in [-0.4, -0.2) is 33.0 Å². The van der Waals surface area contributed by atoms with Crippen molar-refractivity contribution >= 4 is 22.9 Å². The van der Waals surface area contributed by atoms with Gasteiger partial charge in [-0.1, -0.05) is 6.07 Å². The molecule has 1 amide bonds. The van der Waals surface area contributed by atoms with Crippen molar-refractivity contribution in [3.63, 3.8) is 0 Å². The number of aromatic nitrogens is 2. The molecule has 2 aromatic rings. The van der Waals surface area contributed by atoms with Crippen molar-refractivity contribution in [3.8, 4) is 0 Å². The molecule has 7 nitrogen and oxygen atoms in total. The average Bonchev–Trinajstić information content (AvgIpc) is 2.77. The first-order valence-electron chi connectivity index (χ1n) is 6.69. The highest BCUT2D eigenvalue weighted by Crippen LogP contribution is 2.12. The highest BCUT2D eigenvalue weighted by molar-refractivity contribution is 5.83. The van der Waals surface area contributed by atoms with Crippen LogP contribution in [0.1, 0.15) is 25.3 Å². The van der Waals surface area contributed by atoms with Crippen LogP contribution in [0.4, 0.5) is 0 Å². The summed E-state index contributed by atoms with van der Waals surface area (Å²) in [5.41, 5.74) is 2.25. The minimum Gasteiger partial charge on any atom is -0.480 e. The van der Waals surface area contributed by atoms with Gasteiger partial charge >= 0.3 is 11.7 Å². The zero-order valence-corrected chi connectivity index (χ0v) is 11.6. The smallest absolute Gasteiger partial charge is 0.325 e. The number of carboxylic acid groups (broad SMARTS) is 1. The van der Waals surface area contributed by atoms with Crippen LogP contribution in [0.2, 0.25) is 0 Å². The molecule has 1 aromatic carbocycles. The monoisotopic (exact) mass is 291 g/mol. The van der Waals surface area contributed by atoms with Crippen LogP contribution in [0.3, 0.4) is 0 Å². The van der Waals surface area contributed by atoms with E-state index in [2.05, 4.69) is 15.3 Å². The summed E-state index contributed by atoms with van der Waals surface area (Å²) in [7, 11) is 0. The Bertz CT molecular complexity index is 716. The van der Waals surface area contributed by atoms with Gasteiger partial charge in [-0.3, -0.25) is 9.59 Å². The number of carbonyl (C=O) groups is 2. The van der Waals surface area contributed by atoms with E-state index in [9.17, 15) is 14.4 Å². The molecule has 21 heavy (non-hydrogen) atoms. The van der Waals surface area contributed by atoms with Gasteiger partial charge in [0.2, 0.25) is 5.91 Å². The number of aliphatic carboxylic acids is 1. The first-order valence-corrected chi connectivity index (χ1v) is 6.69. The number of nitrogens with one attached hydrogen (secondary N) is 3. The number of aryl methyl sites for hydroxylation is 1. The molecule has 0 aliphatic rings. The molecule has 1 heterocycles. The molecular formula is C14H17N3O4. The summed E-state index contributed by atoms with van der Waals surface area (Å²) in [5.74, 6) is -1.33. The molecular weight excluding hydrogens is 274 g/mol. The number of carboxylic acids is 1. The molecule has 0 saturated heterocycles. The quantitative estimate of drug-likeness (QED) is 0.629. The molecule has 4 N–H and O–H groups in total. The van der Waals surface area contributed by atoms with E-state index >= 15 is 0 Å². The van der Waals surface area contributed by atoms with Crippen molar-refractivity contribution in [1.82, 2.24) is 15.3 Å². The number of hydrogen-bond acceptors (Lipinski definition) is 3. The Morgan fingerprint density at radius 1 is 1.29 bits per heavy atom. The number of H-pyrrole nitrogens is 2. The van der Waals surface area contributed by atoms with E-state index in [-0.39, 0.29) is 18.0 Å². The fraction of sp³-hybridized carbons (Fsp3) is 0.357. The average molecular weight is 291 g/mol. The molecule has 0 aliphatic heterocycles. The largest absolute Gasteiger partial charge is 0.480 e. The molecule has 0 radical (unpaired) electrons. The number of fused-ring (bicyclic) bond motifs is 1. The number of benzene rings is 1. The SMILES string of the molecule is C[C@@H](NC(=O)CCCc1ccc2[nH]c(=O)[nH]c2c1)C(=O)O. The minimum atomic E-state index is -1.05. The molecule has 0 aliphatic carbocycles. The molecule has 0 bridgehead atoms. The number of rotatable bonds is 6. The van der Waals surface area contributed by atoms with E-state index in [0.29, 0.717) is 12.8 Å². The summed E-state index contributed by atoms with van der Waals surface area (Å²) in [5, 5.41) is 11.1. The van der Waals surface area contributed by atoms with Crippen LogP contribution >= 0.6 is 0 Å². The lowest BCUT2D eigenvalue weighted by Crippen LogP contribution is -2.38. The summed E-state index contributed by atoms with van der Waals surface area (Å²) >= 11 is 0.